The van der Waals surface area contributed by atoms with Crippen molar-refractivity contribution < 1.29 is 0 Å². The molecule has 3 nitrogen and oxygen atoms in total. The first-order valence-electron chi connectivity index (χ1n) is 5.72. The first-order chi connectivity index (χ1) is 7.28. The van der Waals surface area contributed by atoms with E-state index in [1.165, 1.54) is 17.7 Å². The lowest BCUT2D eigenvalue weighted by Gasteiger charge is -2.30. The van der Waals surface area contributed by atoms with E-state index < -0.39 is 0 Å². The normalized spacial score (nSPS) is 18.6. The minimum absolute atomic E-state index is 0.145. The van der Waals surface area contributed by atoms with E-state index in [2.05, 4.69) is 30.7 Å². The fraction of sp³-hybridized carbons (Fsp3) is 0.750. The van der Waals surface area contributed by atoms with Gasteiger partial charge >= 0.3 is 0 Å². The van der Waals surface area contributed by atoms with E-state index in [9.17, 15) is 0 Å². The highest BCUT2D eigenvalue weighted by Gasteiger charge is 2.55. The molecule has 0 atom stereocenters. The van der Waals surface area contributed by atoms with Crippen LogP contribution in [0.15, 0.2) is 0 Å². The van der Waals surface area contributed by atoms with Crippen LogP contribution in [0.1, 0.15) is 37.3 Å². The molecule has 0 saturated heterocycles. The molecule has 1 saturated carbocycles. The molecule has 0 spiro atoms. The quantitative estimate of drug-likeness (QED) is 0.880. The SMILES string of the molecule is Cc1nc(N(C)C)sc1C1(C(C)(C)N)CC1. The molecule has 0 unspecified atom stereocenters. The third-order valence-corrected chi connectivity index (χ3v) is 5.12. The smallest absolute Gasteiger partial charge is 0.185 e. The van der Waals surface area contributed by atoms with Crippen molar-refractivity contribution in [1.82, 2.24) is 4.98 Å². The molecule has 1 fully saturated rings. The number of aryl methyl sites for hydroxylation is 1. The van der Waals surface area contributed by atoms with Crippen LogP contribution < -0.4 is 10.6 Å². The number of rotatable bonds is 3. The fourth-order valence-electron chi connectivity index (χ4n) is 2.31. The minimum Gasteiger partial charge on any atom is -0.354 e. The second-order valence-electron chi connectivity index (χ2n) is 5.61. The molecule has 1 heterocycles. The monoisotopic (exact) mass is 239 g/mol. The molecule has 4 heteroatoms. The summed E-state index contributed by atoms with van der Waals surface area (Å²) in [5.41, 5.74) is 7.52. The van der Waals surface area contributed by atoms with Gasteiger partial charge in [0.25, 0.3) is 0 Å². The van der Waals surface area contributed by atoms with Gasteiger partial charge in [0, 0.05) is 29.9 Å². The Bertz CT molecular complexity index is 397. The Hall–Kier alpha value is -0.610. The van der Waals surface area contributed by atoms with Gasteiger partial charge in [-0.25, -0.2) is 4.98 Å². The van der Waals surface area contributed by atoms with Crippen molar-refractivity contribution in [3.63, 3.8) is 0 Å². The van der Waals surface area contributed by atoms with E-state index in [1.807, 2.05) is 14.1 Å². The maximum atomic E-state index is 6.33. The predicted molar refractivity (Wildman–Crippen MR) is 70.4 cm³/mol. The van der Waals surface area contributed by atoms with Crippen LogP contribution in [0, 0.1) is 6.92 Å². The molecule has 90 valence electrons. The zero-order valence-corrected chi connectivity index (χ0v) is 11.6. The van der Waals surface area contributed by atoms with Gasteiger partial charge in [-0.2, -0.15) is 0 Å². The maximum absolute atomic E-state index is 6.33. The Morgan fingerprint density at radius 2 is 1.94 bits per heavy atom. The average molecular weight is 239 g/mol. The summed E-state index contributed by atoms with van der Waals surface area (Å²) in [4.78, 5) is 8.08. The first-order valence-corrected chi connectivity index (χ1v) is 6.54. The molecule has 0 aromatic carbocycles. The number of aromatic nitrogens is 1. The van der Waals surface area contributed by atoms with Crippen LogP contribution in [0.4, 0.5) is 5.13 Å². The van der Waals surface area contributed by atoms with Gasteiger partial charge < -0.3 is 10.6 Å². The molecule has 1 aromatic heterocycles. The number of thiazole rings is 1. The standard InChI is InChI=1S/C12H21N3S/c1-8-9(16-10(14-8)15(4)5)12(6-7-12)11(2,3)13/h6-7,13H2,1-5H3. The molecule has 16 heavy (non-hydrogen) atoms. The van der Waals surface area contributed by atoms with Crippen molar-refractivity contribution in [3.05, 3.63) is 10.6 Å². The number of hydrogen-bond donors (Lipinski definition) is 1. The Morgan fingerprint density at radius 3 is 2.25 bits per heavy atom. The van der Waals surface area contributed by atoms with Crippen molar-refractivity contribution in [2.45, 2.75) is 44.6 Å². The summed E-state index contributed by atoms with van der Waals surface area (Å²) >= 11 is 1.80. The number of anilines is 1. The van der Waals surface area contributed by atoms with Gasteiger partial charge in [-0.15, -0.1) is 11.3 Å². The number of nitrogens with two attached hydrogens (primary N) is 1. The molecule has 2 rings (SSSR count). The first kappa shape index (κ1) is 11.9. The van der Waals surface area contributed by atoms with Crippen LogP contribution in [0.2, 0.25) is 0 Å². The molecule has 0 amide bonds. The van der Waals surface area contributed by atoms with E-state index >= 15 is 0 Å². The Morgan fingerprint density at radius 1 is 1.38 bits per heavy atom. The van der Waals surface area contributed by atoms with Gasteiger partial charge in [-0.3, -0.25) is 0 Å². The summed E-state index contributed by atoms with van der Waals surface area (Å²) in [6, 6.07) is 0. The average Bonchev–Trinajstić information content (AvgIpc) is 2.84. The van der Waals surface area contributed by atoms with E-state index in [-0.39, 0.29) is 11.0 Å². The summed E-state index contributed by atoms with van der Waals surface area (Å²) in [7, 11) is 4.07. The van der Waals surface area contributed by atoms with Crippen molar-refractivity contribution in [3.8, 4) is 0 Å². The third-order valence-electron chi connectivity index (χ3n) is 3.59. The molecule has 2 N–H and O–H groups in total. The molecule has 1 aliphatic carbocycles. The lowest BCUT2D eigenvalue weighted by atomic mass is 9.83. The van der Waals surface area contributed by atoms with Crippen LogP contribution >= 0.6 is 11.3 Å². The number of nitrogens with zero attached hydrogens (tertiary/aromatic N) is 2. The van der Waals surface area contributed by atoms with Crippen LogP contribution in [0.5, 0.6) is 0 Å². The van der Waals surface area contributed by atoms with Gasteiger partial charge in [0.2, 0.25) is 0 Å². The molecular formula is C12H21N3S. The van der Waals surface area contributed by atoms with E-state index in [0.717, 1.165) is 10.8 Å². The van der Waals surface area contributed by atoms with Crippen LogP contribution in [-0.2, 0) is 5.41 Å². The Balaban J connectivity index is 2.42. The van der Waals surface area contributed by atoms with Crippen molar-refractivity contribution in [2.75, 3.05) is 19.0 Å². The molecule has 0 bridgehead atoms. The summed E-state index contributed by atoms with van der Waals surface area (Å²) in [5.74, 6) is 0. The summed E-state index contributed by atoms with van der Waals surface area (Å²) in [6.07, 6.45) is 2.40. The molecule has 1 aliphatic rings. The van der Waals surface area contributed by atoms with Crippen LogP contribution in [-0.4, -0.2) is 24.6 Å². The fourth-order valence-corrected chi connectivity index (χ4v) is 3.71. The lowest BCUT2D eigenvalue weighted by molar-refractivity contribution is 0.395. The van der Waals surface area contributed by atoms with E-state index in [1.54, 1.807) is 11.3 Å². The molecule has 1 aromatic rings. The zero-order valence-electron chi connectivity index (χ0n) is 10.8. The van der Waals surface area contributed by atoms with Gasteiger partial charge in [0.1, 0.15) is 0 Å². The van der Waals surface area contributed by atoms with E-state index in [4.69, 9.17) is 5.73 Å². The summed E-state index contributed by atoms with van der Waals surface area (Å²) in [5, 5.41) is 1.09. The van der Waals surface area contributed by atoms with Crippen molar-refractivity contribution in [2.24, 2.45) is 5.73 Å². The van der Waals surface area contributed by atoms with Gasteiger partial charge in [-0.1, -0.05) is 0 Å². The van der Waals surface area contributed by atoms with Crippen molar-refractivity contribution >= 4 is 16.5 Å². The summed E-state index contributed by atoms with van der Waals surface area (Å²) in [6.45, 7) is 6.37. The van der Waals surface area contributed by atoms with E-state index in [0.29, 0.717) is 0 Å². The lowest BCUT2D eigenvalue weighted by Crippen LogP contribution is -2.45. The van der Waals surface area contributed by atoms with Gasteiger partial charge in [-0.05, 0) is 33.6 Å². The highest BCUT2D eigenvalue weighted by atomic mass is 32.1. The van der Waals surface area contributed by atoms with Gasteiger partial charge in [0.05, 0.1) is 5.69 Å². The minimum atomic E-state index is -0.145. The van der Waals surface area contributed by atoms with Crippen molar-refractivity contribution in [1.29, 1.82) is 0 Å². The highest BCUT2D eigenvalue weighted by Crippen LogP contribution is 2.57. The molecular weight excluding hydrogens is 218 g/mol. The van der Waals surface area contributed by atoms with Gasteiger partial charge in [0.15, 0.2) is 5.13 Å². The molecule has 0 aliphatic heterocycles. The number of hydrogen-bond acceptors (Lipinski definition) is 4. The maximum Gasteiger partial charge on any atom is 0.185 e. The third kappa shape index (κ3) is 1.64. The Kier molecular flexibility index (Phi) is 2.55. The van der Waals surface area contributed by atoms with Crippen LogP contribution in [0.25, 0.3) is 0 Å². The van der Waals surface area contributed by atoms with Crippen LogP contribution in [0.3, 0.4) is 0 Å². The zero-order chi connectivity index (χ0) is 12.1. The highest BCUT2D eigenvalue weighted by molar-refractivity contribution is 7.16. The Labute approximate surface area is 102 Å². The topological polar surface area (TPSA) is 42.2 Å². The second-order valence-corrected chi connectivity index (χ2v) is 6.59. The molecule has 0 radical (unpaired) electrons. The second kappa shape index (κ2) is 3.44. The summed E-state index contributed by atoms with van der Waals surface area (Å²) < 4.78 is 0. The largest absolute Gasteiger partial charge is 0.354 e. The predicted octanol–water partition coefficient (Wildman–Crippen LogP) is 2.29.